The van der Waals surface area contributed by atoms with Crippen LogP contribution in [0.15, 0.2) is 34.8 Å². The number of benzene rings is 2. The van der Waals surface area contributed by atoms with E-state index in [-0.39, 0.29) is 10.4 Å². The van der Waals surface area contributed by atoms with E-state index in [1.54, 1.807) is 6.92 Å². The minimum Gasteiger partial charge on any atom is -0.322 e. The third kappa shape index (κ3) is 3.35. The molecule has 6 heteroatoms. The van der Waals surface area contributed by atoms with Crippen molar-refractivity contribution in [1.82, 2.24) is 0 Å². The van der Waals surface area contributed by atoms with Crippen molar-refractivity contribution in [3.8, 4) is 0 Å². The Balaban J connectivity index is 2.30. The SMILES string of the molecule is Cc1cc(F)c(Br)cc1NC(=O)c1ccc(F)cc1I. The number of carbonyl (C=O) groups is 1. The highest BCUT2D eigenvalue weighted by Crippen LogP contribution is 2.25. The average Bonchev–Trinajstić information content (AvgIpc) is 2.35. The van der Waals surface area contributed by atoms with E-state index >= 15 is 0 Å². The lowest BCUT2D eigenvalue weighted by molar-refractivity contribution is 0.102. The molecule has 0 aliphatic rings. The third-order valence-corrected chi connectivity index (χ3v) is 4.19. The van der Waals surface area contributed by atoms with Crippen LogP contribution in [0.4, 0.5) is 14.5 Å². The molecule has 0 unspecified atom stereocenters. The van der Waals surface area contributed by atoms with E-state index in [0.717, 1.165) is 0 Å². The zero-order chi connectivity index (χ0) is 14.9. The molecule has 0 heterocycles. The maximum absolute atomic E-state index is 13.3. The van der Waals surface area contributed by atoms with Gasteiger partial charge < -0.3 is 5.32 Å². The van der Waals surface area contributed by atoms with Crippen molar-refractivity contribution in [2.24, 2.45) is 0 Å². The van der Waals surface area contributed by atoms with Crippen molar-refractivity contribution in [1.29, 1.82) is 0 Å². The van der Waals surface area contributed by atoms with Gasteiger partial charge in [-0.2, -0.15) is 0 Å². The van der Waals surface area contributed by atoms with Crippen molar-refractivity contribution in [2.45, 2.75) is 6.92 Å². The standard InChI is InChI=1S/C14H9BrF2INO/c1-7-4-11(17)10(15)6-13(7)19-14(20)9-3-2-8(16)5-12(9)18/h2-6H,1H3,(H,19,20). The lowest BCUT2D eigenvalue weighted by atomic mass is 10.1. The summed E-state index contributed by atoms with van der Waals surface area (Å²) in [5.74, 6) is -1.15. The summed E-state index contributed by atoms with van der Waals surface area (Å²) in [6.45, 7) is 1.70. The Kier molecular flexibility index (Phi) is 4.74. The van der Waals surface area contributed by atoms with Crippen molar-refractivity contribution in [2.75, 3.05) is 5.32 Å². The molecule has 2 aromatic rings. The number of amides is 1. The van der Waals surface area contributed by atoms with Gasteiger partial charge in [0.05, 0.1) is 10.0 Å². The van der Waals surface area contributed by atoms with Crippen LogP contribution in [0.2, 0.25) is 0 Å². The van der Waals surface area contributed by atoms with Gasteiger partial charge in [0.1, 0.15) is 11.6 Å². The van der Waals surface area contributed by atoms with Gasteiger partial charge in [0, 0.05) is 9.26 Å². The number of carbonyl (C=O) groups excluding carboxylic acids is 1. The van der Waals surface area contributed by atoms with Crippen molar-refractivity contribution in [3.63, 3.8) is 0 Å². The largest absolute Gasteiger partial charge is 0.322 e. The first kappa shape index (κ1) is 15.4. The second-order valence-electron chi connectivity index (χ2n) is 4.16. The minimum atomic E-state index is -0.397. The van der Waals surface area contributed by atoms with Crippen molar-refractivity contribution < 1.29 is 13.6 Å². The molecule has 0 saturated heterocycles. The molecule has 0 aliphatic carbocycles. The molecule has 1 N–H and O–H groups in total. The summed E-state index contributed by atoms with van der Waals surface area (Å²) in [5.41, 5.74) is 1.48. The van der Waals surface area contributed by atoms with Gasteiger partial charge >= 0.3 is 0 Å². The van der Waals surface area contributed by atoms with Crippen LogP contribution < -0.4 is 5.32 Å². The molecule has 20 heavy (non-hydrogen) atoms. The maximum atomic E-state index is 13.3. The molecule has 0 atom stereocenters. The molecular formula is C14H9BrF2INO. The maximum Gasteiger partial charge on any atom is 0.256 e. The van der Waals surface area contributed by atoms with Gasteiger partial charge in [-0.05, 0) is 81.3 Å². The van der Waals surface area contributed by atoms with E-state index in [1.165, 1.54) is 30.3 Å². The zero-order valence-electron chi connectivity index (χ0n) is 10.3. The molecule has 0 fully saturated rings. The van der Waals surface area contributed by atoms with Gasteiger partial charge in [-0.3, -0.25) is 4.79 Å². The van der Waals surface area contributed by atoms with E-state index in [4.69, 9.17) is 0 Å². The predicted molar refractivity (Wildman–Crippen MR) is 85.9 cm³/mol. The summed E-state index contributed by atoms with van der Waals surface area (Å²) in [4.78, 5) is 12.1. The quantitative estimate of drug-likeness (QED) is 0.647. The van der Waals surface area contributed by atoms with Gasteiger partial charge in [0.2, 0.25) is 0 Å². The van der Waals surface area contributed by atoms with Crippen LogP contribution in [-0.2, 0) is 0 Å². The fourth-order valence-electron chi connectivity index (χ4n) is 1.64. The van der Waals surface area contributed by atoms with Crippen LogP contribution in [0, 0.1) is 22.1 Å². The second-order valence-corrected chi connectivity index (χ2v) is 6.18. The van der Waals surface area contributed by atoms with Crippen LogP contribution in [0.25, 0.3) is 0 Å². The first-order valence-electron chi connectivity index (χ1n) is 5.60. The van der Waals surface area contributed by atoms with E-state index in [0.29, 0.717) is 20.4 Å². The van der Waals surface area contributed by atoms with Gasteiger partial charge in [-0.1, -0.05) is 0 Å². The van der Waals surface area contributed by atoms with Crippen LogP contribution in [0.5, 0.6) is 0 Å². The van der Waals surface area contributed by atoms with Gasteiger partial charge in [0.25, 0.3) is 5.91 Å². The first-order chi connectivity index (χ1) is 9.38. The second kappa shape index (κ2) is 6.17. The highest BCUT2D eigenvalue weighted by Gasteiger charge is 2.13. The molecule has 0 aliphatic heterocycles. The third-order valence-electron chi connectivity index (χ3n) is 2.69. The predicted octanol–water partition coefficient (Wildman–Crippen LogP) is 4.89. The molecule has 0 saturated carbocycles. The number of halogens is 4. The molecule has 2 aromatic carbocycles. The monoisotopic (exact) mass is 451 g/mol. The number of hydrogen-bond donors (Lipinski definition) is 1. The highest BCUT2D eigenvalue weighted by molar-refractivity contribution is 14.1. The molecule has 0 spiro atoms. The minimum absolute atomic E-state index is 0.271. The number of nitrogens with one attached hydrogen (secondary N) is 1. The molecule has 1 amide bonds. The van der Waals surface area contributed by atoms with E-state index in [1.807, 2.05) is 22.6 Å². The smallest absolute Gasteiger partial charge is 0.256 e. The number of rotatable bonds is 2. The lowest BCUT2D eigenvalue weighted by Gasteiger charge is -2.10. The Morgan fingerprint density at radius 1 is 1.25 bits per heavy atom. The molecular weight excluding hydrogens is 443 g/mol. The van der Waals surface area contributed by atoms with Gasteiger partial charge in [-0.25, -0.2) is 8.78 Å². The number of aryl methyl sites for hydroxylation is 1. The average molecular weight is 452 g/mol. The Morgan fingerprint density at radius 2 is 1.95 bits per heavy atom. The summed E-state index contributed by atoms with van der Waals surface area (Å²) in [6, 6.07) is 6.75. The molecule has 0 aromatic heterocycles. The normalized spacial score (nSPS) is 10.4. The van der Waals surface area contributed by atoms with Gasteiger partial charge in [-0.15, -0.1) is 0 Å². The lowest BCUT2D eigenvalue weighted by Crippen LogP contribution is -2.14. The molecule has 104 valence electrons. The first-order valence-corrected chi connectivity index (χ1v) is 7.47. The summed E-state index contributed by atoms with van der Waals surface area (Å²) >= 11 is 4.97. The summed E-state index contributed by atoms with van der Waals surface area (Å²) < 4.78 is 27.1. The number of hydrogen-bond acceptors (Lipinski definition) is 1. The van der Waals surface area contributed by atoms with Crippen LogP contribution in [-0.4, -0.2) is 5.91 Å². The Morgan fingerprint density at radius 3 is 2.60 bits per heavy atom. The van der Waals surface area contributed by atoms with Crippen LogP contribution >= 0.6 is 38.5 Å². The molecule has 0 radical (unpaired) electrons. The fraction of sp³-hybridized carbons (Fsp3) is 0.0714. The van der Waals surface area contributed by atoms with Crippen LogP contribution in [0.3, 0.4) is 0 Å². The van der Waals surface area contributed by atoms with E-state index in [2.05, 4.69) is 21.2 Å². The summed E-state index contributed by atoms with van der Waals surface area (Å²) in [5, 5.41) is 2.69. The van der Waals surface area contributed by atoms with Crippen molar-refractivity contribution >= 4 is 50.1 Å². The van der Waals surface area contributed by atoms with Crippen LogP contribution in [0.1, 0.15) is 15.9 Å². The summed E-state index contributed by atoms with van der Waals surface area (Å²) in [6.07, 6.45) is 0. The Bertz CT molecular complexity index is 691. The Hall–Kier alpha value is -1.02. The number of anilines is 1. The van der Waals surface area contributed by atoms with E-state index in [9.17, 15) is 13.6 Å². The zero-order valence-corrected chi connectivity index (χ0v) is 14.1. The Labute approximate surface area is 136 Å². The summed E-state index contributed by atoms with van der Waals surface area (Å²) in [7, 11) is 0. The molecule has 2 rings (SSSR count). The van der Waals surface area contributed by atoms with E-state index < -0.39 is 11.6 Å². The topological polar surface area (TPSA) is 29.1 Å². The molecule has 0 bridgehead atoms. The van der Waals surface area contributed by atoms with Crippen molar-refractivity contribution in [3.05, 3.63) is 61.1 Å². The molecule has 2 nitrogen and oxygen atoms in total. The van der Waals surface area contributed by atoms with Gasteiger partial charge in [0.15, 0.2) is 0 Å². The fourth-order valence-corrected chi connectivity index (χ4v) is 2.71. The highest BCUT2D eigenvalue weighted by atomic mass is 127.